The fourth-order valence-electron chi connectivity index (χ4n) is 6.48. The molecule has 1 aromatic carbocycles. The van der Waals surface area contributed by atoms with E-state index in [9.17, 15) is 38.4 Å². The van der Waals surface area contributed by atoms with Gasteiger partial charge < -0.3 is 47.1 Å². The number of anilines is 1. The number of hydrogen-bond acceptors (Lipinski definition) is 11. The molecular formula is C38H57N7O10S. The molecule has 3 rings (SSSR count). The van der Waals surface area contributed by atoms with Gasteiger partial charge in [-0.1, -0.05) is 32.4 Å². The molecule has 0 radical (unpaired) electrons. The van der Waals surface area contributed by atoms with E-state index >= 15 is 0 Å². The zero-order valence-corrected chi connectivity index (χ0v) is 33.3. The Bertz CT molecular complexity index is 1530. The van der Waals surface area contributed by atoms with Gasteiger partial charge in [0.1, 0.15) is 12.4 Å². The van der Waals surface area contributed by atoms with Crippen LogP contribution in [0.2, 0.25) is 0 Å². The molecule has 18 heteroatoms. The van der Waals surface area contributed by atoms with E-state index in [4.69, 9.17) is 10.5 Å². The van der Waals surface area contributed by atoms with Gasteiger partial charge >= 0.3 is 24.1 Å². The minimum absolute atomic E-state index is 0.0223. The first-order valence-electron chi connectivity index (χ1n) is 19.2. The van der Waals surface area contributed by atoms with Crippen LogP contribution in [0.25, 0.3) is 0 Å². The van der Waals surface area contributed by atoms with Crippen molar-refractivity contribution < 1.29 is 47.8 Å². The van der Waals surface area contributed by atoms with Crippen LogP contribution in [0.1, 0.15) is 90.0 Å². The Kier molecular flexibility index (Phi) is 19.4. The summed E-state index contributed by atoms with van der Waals surface area (Å²) in [6, 6.07) is 5.32. The highest BCUT2D eigenvalue weighted by molar-refractivity contribution is 8.00. The molecule has 0 aromatic heterocycles. The van der Waals surface area contributed by atoms with Crippen LogP contribution in [0.5, 0.6) is 0 Å². The summed E-state index contributed by atoms with van der Waals surface area (Å²) in [6.45, 7) is 4.01. The van der Waals surface area contributed by atoms with Crippen molar-refractivity contribution >= 4 is 65.0 Å². The van der Waals surface area contributed by atoms with E-state index in [-0.39, 0.29) is 74.4 Å². The molecule has 8 N–H and O–H groups in total. The zero-order valence-electron chi connectivity index (χ0n) is 32.4. The van der Waals surface area contributed by atoms with E-state index in [1.807, 2.05) is 11.8 Å². The van der Waals surface area contributed by atoms with E-state index in [2.05, 4.69) is 36.6 Å². The lowest BCUT2D eigenvalue weighted by molar-refractivity contribution is -0.142. The maximum atomic E-state index is 13.4. The molecule has 17 nitrogen and oxygen atoms in total. The predicted octanol–water partition coefficient (Wildman–Crippen LogP) is 3.04. The normalized spacial score (nSPS) is 18.1. The number of carbonyl (C=O) groups excluding carboxylic acids is 8. The van der Waals surface area contributed by atoms with Crippen molar-refractivity contribution in [2.24, 2.45) is 17.6 Å². The lowest BCUT2D eigenvalue weighted by Gasteiger charge is -2.24. The van der Waals surface area contributed by atoms with Gasteiger partial charge in [0.05, 0.1) is 31.7 Å². The number of ketones is 2. The summed E-state index contributed by atoms with van der Waals surface area (Å²) in [5, 5.41) is 16.9. The third-order valence-corrected chi connectivity index (χ3v) is 11.1. The van der Waals surface area contributed by atoms with Crippen LogP contribution in [0.4, 0.5) is 20.1 Å². The van der Waals surface area contributed by atoms with Crippen molar-refractivity contribution in [1.82, 2.24) is 26.6 Å². The molecule has 0 bridgehead atoms. The number of thioether (sulfide) groups is 1. The number of nitrogens with one attached hydrogen (secondary N) is 6. The smallest absolute Gasteiger partial charge is 0.407 e. The Morgan fingerprint density at radius 1 is 0.911 bits per heavy atom. The minimum Gasteiger partial charge on any atom is -0.469 e. The van der Waals surface area contributed by atoms with Gasteiger partial charge in [-0.05, 0) is 55.7 Å². The molecule has 0 aliphatic carbocycles. The number of primary amides is 1. The average molecular weight is 804 g/mol. The molecular weight excluding hydrogens is 747 g/mol. The van der Waals surface area contributed by atoms with E-state index in [0.29, 0.717) is 48.7 Å². The van der Waals surface area contributed by atoms with Crippen LogP contribution < -0.4 is 37.6 Å². The summed E-state index contributed by atoms with van der Waals surface area (Å²) in [5.74, 6) is -1.84. The van der Waals surface area contributed by atoms with Crippen LogP contribution in [-0.2, 0) is 40.1 Å². The van der Waals surface area contributed by atoms with Gasteiger partial charge in [0, 0.05) is 61.4 Å². The van der Waals surface area contributed by atoms with Crippen LogP contribution in [-0.4, -0.2) is 96.8 Å². The van der Waals surface area contributed by atoms with Gasteiger partial charge in [-0.3, -0.25) is 24.0 Å². The SMILES string of the molecule is COC(=O)CCC(=O)NC(C(=O)C[C@@H](CCCNC(N)=O)C(=O)Nc1ccc(COC(=O)NCCCC(=O)CCCCC2SCC3NC(=O)NC32)cc1)C(C)C. The molecule has 0 spiro atoms. The van der Waals surface area contributed by atoms with Gasteiger partial charge in [0.15, 0.2) is 5.78 Å². The van der Waals surface area contributed by atoms with E-state index in [1.165, 1.54) is 7.11 Å². The number of carbonyl (C=O) groups is 8. The molecule has 7 amide bonds. The van der Waals surface area contributed by atoms with Crippen LogP contribution in [0.3, 0.4) is 0 Å². The second-order valence-electron chi connectivity index (χ2n) is 14.4. The quantitative estimate of drug-likeness (QED) is 0.0430. The third-order valence-electron chi connectivity index (χ3n) is 9.59. The molecule has 310 valence electrons. The van der Waals surface area contributed by atoms with Crippen LogP contribution in [0.15, 0.2) is 24.3 Å². The maximum Gasteiger partial charge on any atom is 0.407 e. The van der Waals surface area contributed by atoms with Gasteiger partial charge in [-0.15, -0.1) is 0 Å². The average Bonchev–Trinajstić information content (AvgIpc) is 3.72. The third kappa shape index (κ3) is 16.5. The number of Topliss-reactive ketones (excluding diaryl/α,β-unsaturated/α-hetero) is 2. The second-order valence-corrected chi connectivity index (χ2v) is 15.6. The van der Waals surface area contributed by atoms with Crippen LogP contribution in [0, 0.1) is 11.8 Å². The summed E-state index contributed by atoms with van der Waals surface area (Å²) in [7, 11) is 1.22. The number of benzene rings is 1. The Morgan fingerprint density at radius 3 is 2.32 bits per heavy atom. The summed E-state index contributed by atoms with van der Waals surface area (Å²) in [4.78, 5) is 97.9. The molecule has 2 saturated heterocycles. The van der Waals surface area contributed by atoms with E-state index in [1.54, 1.807) is 38.1 Å². The summed E-state index contributed by atoms with van der Waals surface area (Å²) in [6.07, 6.45) is 3.56. The molecule has 4 unspecified atom stereocenters. The zero-order chi connectivity index (χ0) is 41.0. The number of alkyl carbamates (subject to hydrolysis) is 1. The fraction of sp³-hybridized carbons (Fsp3) is 0.632. The van der Waals surface area contributed by atoms with Crippen molar-refractivity contribution in [2.45, 2.75) is 114 Å². The van der Waals surface area contributed by atoms with Crippen molar-refractivity contribution in [3.63, 3.8) is 0 Å². The number of ether oxygens (including phenoxy) is 2. The summed E-state index contributed by atoms with van der Waals surface area (Å²) in [5.41, 5.74) is 6.26. The van der Waals surface area contributed by atoms with Crippen molar-refractivity contribution in [3.05, 3.63) is 29.8 Å². The fourth-order valence-corrected chi connectivity index (χ4v) is 8.02. The Balaban J connectivity index is 1.38. The number of urea groups is 2. The molecule has 2 fully saturated rings. The highest BCUT2D eigenvalue weighted by Gasteiger charge is 2.42. The number of amides is 7. The number of hydrogen-bond donors (Lipinski definition) is 7. The Morgan fingerprint density at radius 2 is 1.62 bits per heavy atom. The molecule has 2 aliphatic heterocycles. The van der Waals surface area contributed by atoms with Crippen molar-refractivity contribution in [1.29, 1.82) is 0 Å². The number of nitrogens with two attached hydrogens (primary N) is 1. The second kappa shape index (κ2) is 23.9. The maximum absolute atomic E-state index is 13.4. The van der Waals surface area contributed by atoms with Gasteiger partial charge in [-0.2, -0.15) is 11.8 Å². The number of rotatable bonds is 25. The minimum atomic E-state index is -0.883. The Labute approximate surface area is 331 Å². The topological polar surface area (TPSA) is 253 Å². The number of fused-ring (bicyclic) bond motifs is 1. The molecule has 5 atom stereocenters. The van der Waals surface area contributed by atoms with Crippen LogP contribution >= 0.6 is 11.8 Å². The number of methoxy groups -OCH3 is 1. The predicted molar refractivity (Wildman–Crippen MR) is 209 cm³/mol. The standard InChI is InChI=1S/C38H57N7O10S/c1-23(2)33(44-31(48)16-17-32(49)54-3)29(47)20-25(8-6-18-40-36(39)51)35(50)42-26-14-12-24(13-15-26)21-55-38(53)41-19-7-10-27(46)9-4-5-11-30-34-28(22-56-30)43-37(52)45-34/h12-15,23,25,28,30,33-34H,4-11,16-22H2,1-3H3,(H,41,53)(H,42,50)(H,44,48)(H3,39,40,51)(H2,43,45,52)/t25-,28?,30?,33?,34?/m1/s1. The first kappa shape index (κ1) is 45.5. The lowest BCUT2D eigenvalue weighted by Crippen LogP contribution is -2.45. The molecule has 0 saturated carbocycles. The molecule has 1 aromatic rings. The molecule has 2 heterocycles. The first-order chi connectivity index (χ1) is 26.7. The van der Waals surface area contributed by atoms with Gasteiger partial charge in [-0.25, -0.2) is 14.4 Å². The monoisotopic (exact) mass is 803 g/mol. The number of unbranched alkanes of at least 4 members (excludes halogenated alkanes) is 1. The lowest BCUT2D eigenvalue weighted by atomic mass is 9.89. The van der Waals surface area contributed by atoms with Gasteiger partial charge in [0.25, 0.3) is 0 Å². The largest absolute Gasteiger partial charge is 0.469 e. The Hall–Kier alpha value is -4.87. The van der Waals surface area contributed by atoms with E-state index in [0.717, 1.165) is 25.0 Å². The molecule has 2 aliphatic rings. The molecule has 56 heavy (non-hydrogen) atoms. The first-order valence-corrected chi connectivity index (χ1v) is 20.2. The summed E-state index contributed by atoms with van der Waals surface area (Å²) >= 11 is 1.86. The number of esters is 1. The van der Waals surface area contributed by atoms with Gasteiger partial charge in [0.2, 0.25) is 11.8 Å². The summed E-state index contributed by atoms with van der Waals surface area (Å²) < 4.78 is 9.86. The highest BCUT2D eigenvalue weighted by Crippen LogP contribution is 2.33. The van der Waals surface area contributed by atoms with Crippen molar-refractivity contribution in [2.75, 3.05) is 31.3 Å². The van der Waals surface area contributed by atoms with E-state index < -0.39 is 41.9 Å². The highest BCUT2D eigenvalue weighted by atomic mass is 32.2. The van der Waals surface area contributed by atoms with Crippen molar-refractivity contribution in [3.8, 4) is 0 Å².